The zero-order chi connectivity index (χ0) is 25.1. The molecule has 4 atom stereocenters. The Morgan fingerprint density at radius 1 is 0.794 bits per heavy atom. The number of esters is 2. The lowest BCUT2D eigenvalue weighted by molar-refractivity contribution is -0.137. The van der Waals surface area contributed by atoms with Crippen molar-refractivity contribution in [3.8, 4) is 11.5 Å². The molecule has 0 radical (unpaired) electrons. The molecule has 9 nitrogen and oxygen atoms in total. The standard InChI is InChI=1S/C22H28N2O7S3/c1-32-19(13-17(23)21(25)29-15-9-5-3-6-10-15)31-34(27,28)20(33-2)14-18(24)22(26)30-16-11-7-4-8-12-16/h3-12,17-20H,13-14,23-24H2,1-2H3. The lowest BCUT2D eigenvalue weighted by Crippen LogP contribution is -2.40. The van der Waals surface area contributed by atoms with E-state index in [0.717, 1.165) is 23.5 Å². The number of carbonyl (C=O) groups is 2. The summed E-state index contributed by atoms with van der Waals surface area (Å²) >= 11 is 2.06. The molecule has 0 saturated heterocycles. The van der Waals surface area contributed by atoms with Crippen LogP contribution in [-0.2, 0) is 23.9 Å². The number of para-hydroxylation sites is 2. The van der Waals surface area contributed by atoms with Crippen LogP contribution in [0.1, 0.15) is 12.8 Å². The molecule has 2 aromatic rings. The zero-order valence-corrected chi connectivity index (χ0v) is 21.2. The number of hydrogen-bond donors (Lipinski definition) is 2. The average molecular weight is 529 g/mol. The minimum atomic E-state index is -4.17. The number of nitrogens with two attached hydrogens (primary N) is 2. The molecule has 0 aliphatic heterocycles. The number of rotatable bonds is 13. The second kappa shape index (κ2) is 13.7. The van der Waals surface area contributed by atoms with Gasteiger partial charge in [-0.2, -0.15) is 8.42 Å². The van der Waals surface area contributed by atoms with Gasteiger partial charge in [-0.05, 0) is 36.8 Å². The number of benzene rings is 2. The quantitative estimate of drug-likeness (QED) is 0.171. The predicted octanol–water partition coefficient (Wildman–Crippen LogP) is 2.36. The van der Waals surface area contributed by atoms with E-state index < -0.39 is 44.2 Å². The molecule has 0 amide bonds. The van der Waals surface area contributed by atoms with Crippen molar-refractivity contribution in [3.63, 3.8) is 0 Å². The fraction of sp³-hybridized carbons (Fsp3) is 0.364. The second-order valence-electron chi connectivity index (χ2n) is 7.07. The van der Waals surface area contributed by atoms with Gasteiger partial charge in [0.2, 0.25) is 0 Å². The van der Waals surface area contributed by atoms with E-state index >= 15 is 0 Å². The average Bonchev–Trinajstić information content (AvgIpc) is 2.82. The van der Waals surface area contributed by atoms with Crippen molar-refractivity contribution < 1.29 is 31.7 Å². The molecule has 0 fully saturated rings. The molecule has 2 aromatic carbocycles. The monoisotopic (exact) mass is 528 g/mol. The first kappa shape index (κ1) is 28.1. The fourth-order valence-electron chi connectivity index (χ4n) is 2.69. The molecule has 0 aliphatic carbocycles. The first-order valence-corrected chi connectivity index (χ1v) is 14.2. The van der Waals surface area contributed by atoms with Crippen LogP contribution in [0.15, 0.2) is 60.7 Å². The van der Waals surface area contributed by atoms with Crippen molar-refractivity contribution in [3.05, 3.63) is 60.7 Å². The summed E-state index contributed by atoms with van der Waals surface area (Å²) in [5.41, 5.74) is 10.9. The van der Waals surface area contributed by atoms with Crippen LogP contribution in [0.25, 0.3) is 0 Å². The number of hydrogen-bond acceptors (Lipinski definition) is 11. The third kappa shape index (κ3) is 8.93. The normalized spacial score (nSPS) is 15.1. The minimum absolute atomic E-state index is 0.102. The molecule has 186 valence electrons. The maximum absolute atomic E-state index is 12.9. The van der Waals surface area contributed by atoms with Crippen LogP contribution in [0.5, 0.6) is 11.5 Å². The Morgan fingerprint density at radius 2 is 1.24 bits per heavy atom. The predicted molar refractivity (Wildman–Crippen MR) is 134 cm³/mol. The summed E-state index contributed by atoms with van der Waals surface area (Å²) in [5, 5.41) is 0. The summed E-state index contributed by atoms with van der Waals surface area (Å²) < 4.78 is 40.3. The molecule has 0 aliphatic rings. The topological polar surface area (TPSA) is 148 Å². The summed E-state index contributed by atoms with van der Waals surface area (Å²) in [4.78, 5) is 24.5. The summed E-state index contributed by atoms with van der Waals surface area (Å²) in [7, 11) is -4.17. The highest BCUT2D eigenvalue weighted by Gasteiger charge is 2.34. The molecule has 2 rings (SSSR count). The molecule has 0 spiro atoms. The van der Waals surface area contributed by atoms with Gasteiger partial charge >= 0.3 is 11.9 Å². The molecular weight excluding hydrogens is 500 g/mol. The molecule has 0 heterocycles. The molecular formula is C22H28N2O7S3. The first-order valence-electron chi connectivity index (χ1n) is 10.2. The number of carbonyl (C=O) groups excluding carboxylic acids is 2. The van der Waals surface area contributed by atoms with Crippen molar-refractivity contribution in [1.29, 1.82) is 0 Å². The SMILES string of the molecule is CSC(CC(N)C(=O)Oc1ccccc1)OS(=O)(=O)C(CC(N)C(=O)Oc1ccccc1)SC. The van der Waals surface area contributed by atoms with Crippen molar-refractivity contribution in [2.24, 2.45) is 11.5 Å². The smallest absolute Gasteiger partial charge is 0.328 e. The van der Waals surface area contributed by atoms with Crippen LogP contribution in [0, 0.1) is 0 Å². The largest absolute Gasteiger partial charge is 0.425 e. The Hall–Kier alpha value is -2.09. The Morgan fingerprint density at radius 3 is 1.65 bits per heavy atom. The Kier molecular flexibility index (Phi) is 11.4. The van der Waals surface area contributed by atoms with Crippen LogP contribution in [0.4, 0.5) is 0 Å². The summed E-state index contributed by atoms with van der Waals surface area (Å²) in [6.07, 6.45) is 2.87. The maximum Gasteiger partial charge on any atom is 0.328 e. The number of ether oxygens (including phenoxy) is 2. The van der Waals surface area contributed by atoms with Gasteiger partial charge in [-0.1, -0.05) is 36.4 Å². The minimum Gasteiger partial charge on any atom is -0.425 e. The fourth-order valence-corrected chi connectivity index (χ4v) is 6.15. The molecule has 0 aromatic heterocycles. The van der Waals surface area contributed by atoms with Gasteiger partial charge in [-0.15, -0.1) is 23.5 Å². The van der Waals surface area contributed by atoms with E-state index in [9.17, 15) is 18.0 Å². The van der Waals surface area contributed by atoms with E-state index in [1.54, 1.807) is 73.2 Å². The van der Waals surface area contributed by atoms with Gasteiger partial charge in [0.1, 0.15) is 33.6 Å². The van der Waals surface area contributed by atoms with E-state index in [2.05, 4.69) is 0 Å². The highest BCUT2D eigenvalue weighted by Crippen LogP contribution is 2.27. The molecule has 4 unspecified atom stereocenters. The summed E-state index contributed by atoms with van der Waals surface area (Å²) in [5.74, 6) is -0.830. The van der Waals surface area contributed by atoms with Gasteiger partial charge in [0.25, 0.3) is 10.1 Å². The van der Waals surface area contributed by atoms with E-state index in [4.69, 9.17) is 25.1 Å². The first-order chi connectivity index (χ1) is 16.2. The highest BCUT2D eigenvalue weighted by atomic mass is 32.3. The lowest BCUT2D eigenvalue weighted by Gasteiger charge is -2.23. The van der Waals surface area contributed by atoms with Gasteiger partial charge in [-0.3, -0.25) is 4.18 Å². The third-order valence-electron chi connectivity index (χ3n) is 4.51. The summed E-state index contributed by atoms with van der Waals surface area (Å²) in [6.45, 7) is 0. The Labute approximate surface area is 208 Å². The van der Waals surface area contributed by atoms with Gasteiger partial charge in [0.05, 0.1) is 0 Å². The Balaban J connectivity index is 1.95. The highest BCUT2D eigenvalue weighted by molar-refractivity contribution is 8.11. The van der Waals surface area contributed by atoms with Gasteiger partial charge in [0, 0.05) is 12.8 Å². The maximum atomic E-state index is 12.9. The summed E-state index contributed by atoms with van der Waals surface area (Å²) in [6, 6.07) is 14.4. The van der Waals surface area contributed by atoms with Crippen LogP contribution in [0.2, 0.25) is 0 Å². The molecule has 4 N–H and O–H groups in total. The Bertz CT molecular complexity index is 1020. The van der Waals surface area contributed by atoms with Gasteiger partial charge in [-0.25, -0.2) is 9.59 Å². The number of thioether (sulfide) groups is 2. The van der Waals surface area contributed by atoms with Crippen molar-refractivity contribution in [1.82, 2.24) is 0 Å². The lowest BCUT2D eigenvalue weighted by atomic mass is 10.2. The molecule has 0 saturated carbocycles. The van der Waals surface area contributed by atoms with Crippen molar-refractivity contribution in [2.75, 3.05) is 12.5 Å². The van der Waals surface area contributed by atoms with Crippen LogP contribution >= 0.6 is 23.5 Å². The zero-order valence-electron chi connectivity index (χ0n) is 18.7. The molecule has 12 heteroatoms. The van der Waals surface area contributed by atoms with Crippen molar-refractivity contribution >= 4 is 45.6 Å². The van der Waals surface area contributed by atoms with E-state index in [-0.39, 0.29) is 12.8 Å². The van der Waals surface area contributed by atoms with Crippen LogP contribution < -0.4 is 20.9 Å². The van der Waals surface area contributed by atoms with E-state index in [1.165, 1.54) is 0 Å². The second-order valence-corrected chi connectivity index (χ2v) is 11.2. The molecule has 34 heavy (non-hydrogen) atoms. The van der Waals surface area contributed by atoms with Crippen LogP contribution in [-0.4, -0.2) is 55.0 Å². The molecule has 0 bridgehead atoms. The van der Waals surface area contributed by atoms with E-state index in [1.807, 2.05) is 0 Å². The van der Waals surface area contributed by atoms with E-state index in [0.29, 0.717) is 11.5 Å². The van der Waals surface area contributed by atoms with Crippen molar-refractivity contribution in [2.45, 2.75) is 34.9 Å². The third-order valence-corrected chi connectivity index (χ3v) is 8.79. The van der Waals surface area contributed by atoms with Gasteiger partial charge in [0.15, 0.2) is 0 Å². The van der Waals surface area contributed by atoms with Gasteiger partial charge < -0.3 is 20.9 Å². The van der Waals surface area contributed by atoms with Crippen LogP contribution in [0.3, 0.4) is 0 Å².